The van der Waals surface area contributed by atoms with Gasteiger partial charge in [0, 0.05) is 52.7 Å². The van der Waals surface area contributed by atoms with Gasteiger partial charge in [-0.15, -0.1) is 5.73 Å². The van der Waals surface area contributed by atoms with E-state index >= 15 is 0 Å². The second kappa shape index (κ2) is 19.1. The second-order valence-corrected chi connectivity index (χ2v) is 12.8. The normalized spacial score (nSPS) is 12.2. The summed E-state index contributed by atoms with van der Waals surface area (Å²) in [5.41, 5.74) is 8.95. The molecule has 0 saturated carbocycles. The molecular weight excluding hydrogens is 685 g/mol. The van der Waals surface area contributed by atoms with Crippen molar-refractivity contribution in [3.63, 3.8) is 0 Å². The van der Waals surface area contributed by atoms with Crippen LogP contribution in [0.15, 0.2) is 143 Å². The van der Waals surface area contributed by atoms with Crippen LogP contribution in [0, 0.1) is 0 Å². The van der Waals surface area contributed by atoms with Crippen molar-refractivity contribution in [2.24, 2.45) is 0 Å². The number of methoxy groups -OCH3 is 2. The fourth-order valence-corrected chi connectivity index (χ4v) is 5.57. The molecule has 0 spiro atoms. The molecule has 2 rings (SSSR count). The van der Waals surface area contributed by atoms with E-state index in [9.17, 15) is 18.3 Å². The molecule has 0 aliphatic carbocycles. The predicted molar refractivity (Wildman–Crippen MR) is 197 cm³/mol. The lowest BCUT2D eigenvalue weighted by Gasteiger charge is -2.09. The van der Waals surface area contributed by atoms with E-state index in [0.717, 1.165) is 5.57 Å². The molecule has 12 heteroatoms. The van der Waals surface area contributed by atoms with E-state index in [1.54, 1.807) is 62.4 Å². The summed E-state index contributed by atoms with van der Waals surface area (Å²) in [6, 6.07) is 5.13. The van der Waals surface area contributed by atoms with Crippen LogP contribution in [-0.2, 0) is 37.3 Å². The first-order chi connectivity index (χ1) is 23.2. The summed E-state index contributed by atoms with van der Waals surface area (Å²) in [4.78, 5) is 15.9. The molecule has 2 N–H and O–H groups in total. The molecule has 2 aromatic rings. The van der Waals surface area contributed by atoms with Crippen LogP contribution in [-0.4, -0.2) is 43.3 Å². The number of nitrogens with zero attached hydrogens (tertiary/aromatic N) is 2. The minimum Gasteiger partial charge on any atom is -0.501 e. The Morgan fingerprint density at radius 2 is 1.78 bits per heavy atom. The molecule has 0 saturated heterocycles. The van der Waals surface area contributed by atoms with Gasteiger partial charge in [-0.3, -0.25) is 4.72 Å². The molecule has 0 bridgehead atoms. The van der Waals surface area contributed by atoms with Gasteiger partial charge in [-0.25, -0.2) is 18.2 Å². The third-order valence-corrected chi connectivity index (χ3v) is 8.59. The smallest absolute Gasteiger partial charge is 0.331 e. The number of carboxylic acid groups (broad SMARTS) is 1. The third kappa shape index (κ3) is 12.5. The topological polar surface area (TPSA) is 120 Å². The van der Waals surface area contributed by atoms with Crippen molar-refractivity contribution in [2.45, 2.75) is 33.7 Å². The lowest BCUT2D eigenvalue weighted by molar-refractivity contribution is -0.132. The maximum absolute atomic E-state index is 13.2. The summed E-state index contributed by atoms with van der Waals surface area (Å²) < 4.78 is 41.0. The van der Waals surface area contributed by atoms with E-state index in [4.69, 9.17) is 37.7 Å². The third-order valence-electron chi connectivity index (χ3n) is 6.66. The monoisotopic (exact) mass is 723 g/mol. The number of aromatic nitrogens is 2. The maximum Gasteiger partial charge on any atom is 0.331 e. The number of hydrogen-bond acceptors (Lipinski definition) is 6. The highest BCUT2D eigenvalue weighted by atomic mass is 35.5. The van der Waals surface area contributed by atoms with Gasteiger partial charge in [-0.2, -0.15) is 0 Å². The van der Waals surface area contributed by atoms with Crippen LogP contribution >= 0.6 is 23.2 Å². The number of benzene rings is 1. The highest BCUT2D eigenvalue weighted by Gasteiger charge is 2.17. The molecule has 258 valence electrons. The van der Waals surface area contributed by atoms with Gasteiger partial charge in [-0.05, 0) is 62.8 Å². The van der Waals surface area contributed by atoms with Crippen LogP contribution in [0.4, 0.5) is 0 Å². The zero-order valence-electron chi connectivity index (χ0n) is 28.0. The van der Waals surface area contributed by atoms with Crippen LogP contribution in [0.3, 0.4) is 0 Å². The standard InChI is InChI=1S/C37H39Cl2N3O6S/c1-9-28(14-12-13-26(5)41-49(45,46)32(19-27(6)47-7)22-31(11-3)48-8)20-36-40-35(33-18-17-30(38)21-34(33)39)24-42(36)23-29(10-2)16-15-25(4)37(43)44/h9-13,15-19,21,24,41H,1-3,20,23H2,4-8H3,(H,43,44)/b25-15+,26-13+,27-19+,29-16+. The Labute approximate surface area is 298 Å². The van der Waals surface area contributed by atoms with Crippen molar-refractivity contribution >= 4 is 39.2 Å². The van der Waals surface area contributed by atoms with Gasteiger partial charge in [0.2, 0.25) is 0 Å². The quantitative estimate of drug-likeness (QED) is 0.0728. The van der Waals surface area contributed by atoms with E-state index in [1.165, 1.54) is 39.4 Å². The Balaban J connectivity index is 2.55. The number of halogens is 2. The second-order valence-electron chi connectivity index (χ2n) is 10.3. The number of sulfonamides is 1. The molecule has 0 unspecified atom stereocenters. The lowest BCUT2D eigenvalue weighted by atomic mass is 10.1. The number of allylic oxidation sites excluding steroid dienone is 10. The zero-order valence-corrected chi connectivity index (χ0v) is 30.3. The van der Waals surface area contributed by atoms with Crippen LogP contribution in [0.25, 0.3) is 11.3 Å². The van der Waals surface area contributed by atoms with Crippen molar-refractivity contribution < 1.29 is 27.8 Å². The van der Waals surface area contributed by atoms with E-state index < -0.39 is 16.0 Å². The van der Waals surface area contributed by atoms with Crippen LogP contribution in [0.2, 0.25) is 10.0 Å². The van der Waals surface area contributed by atoms with Gasteiger partial charge in [0.05, 0.1) is 30.7 Å². The Kier molecular flexibility index (Phi) is 15.7. The van der Waals surface area contributed by atoms with Gasteiger partial charge in [0.15, 0.2) is 5.76 Å². The molecule has 0 atom stereocenters. The van der Waals surface area contributed by atoms with Crippen LogP contribution < -0.4 is 4.72 Å². The number of nitrogens with one attached hydrogen (secondary N) is 1. The zero-order chi connectivity index (χ0) is 36.7. The fraction of sp³-hybridized carbons (Fsp3) is 0.189. The minimum absolute atomic E-state index is 0.128. The number of rotatable bonds is 17. The van der Waals surface area contributed by atoms with Gasteiger partial charge < -0.3 is 19.1 Å². The maximum atomic E-state index is 13.2. The molecule has 49 heavy (non-hydrogen) atoms. The molecule has 0 amide bonds. The molecule has 0 fully saturated rings. The lowest BCUT2D eigenvalue weighted by Crippen LogP contribution is -2.22. The average Bonchev–Trinajstić information content (AvgIpc) is 3.44. The van der Waals surface area contributed by atoms with Gasteiger partial charge in [0.1, 0.15) is 10.7 Å². The highest BCUT2D eigenvalue weighted by molar-refractivity contribution is 7.93. The Hall–Kier alpha value is -4.95. The number of carbonyl (C=O) groups is 1. The van der Waals surface area contributed by atoms with Crippen molar-refractivity contribution in [2.75, 3.05) is 14.2 Å². The summed E-state index contributed by atoms with van der Waals surface area (Å²) in [6.45, 7) is 16.4. The first-order valence-corrected chi connectivity index (χ1v) is 16.8. The summed E-state index contributed by atoms with van der Waals surface area (Å²) in [5, 5.41) is 10.2. The molecular formula is C37H39Cl2N3O6S. The highest BCUT2D eigenvalue weighted by Crippen LogP contribution is 2.30. The summed E-state index contributed by atoms with van der Waals surface area (Å²) in [6.07, 6.45) is 14.3. The van der Waals surface area contributed by atoms with Crippen LogP contribution in [0.5, 0.6) is 0 Å². The first-order valence-electron chi connectivity index (χ1n) is 14.6. The molecule has 0 radical (unpaired) electrons. The molecule has 0 aliphatic heterocycles. The van der Waals surface area contributed by atoms with E-state index in [0.29, 0.717) is 57.1 Å². The fourth-order valence-electron chi connectivity index (χ4n) is 3.90. The SMILES string of the molecule is C=CC(=C=C/C=C(\C)NS(=O)(=O)C(=C=C(C=C)OC)/C=C(\C)OC)Cc1nc(-c2ccc(Cl)cc2Cl)cn1C/C(C=C)=C/C=C(\C)C(=O)O. The van der Waals surface area contributed by atoms with Gasteiger partial charge in [-0.1, -0.05) is 73.0 Å². The summed E-state index contributed by atoms with van der Waals surface area (Å²) in [7, 11) is -1.28. The molecule has 1 aromatic heterocycles. The van der Waals surface area contributed by atoms with E-state index in [1.807, 2.05) is 10.8 Å². The Morgan fingerprint density at radius 3 is 2.35 bits per heavy atom. The van der Waals surface area contributed by atoms with Crippen molar-refractivity contribution in [1.29, 1.82) is 0 Å². The number of hydrogen-bond donors (Lipinski definition) is 2. The predicted octanol–water partition coefficient (Wildman–Crippen LogP) is 8.38. The van der Waals surface area contributed by atoms with E-state index in [-0.39, 0.29) is 16.2 Å². The van der Waals surface area contributed by atoms with Crippen molar-refractivity contribution in [3.8, 4) is 11.3 Å². The summed E-state index contributed by atoms with van der Waals surface area (Å²) in [5.74, 6) is 0.0767. The number of imidazole rings is 1. The average molecular weight is 725 g/mol. The number of ether oxygens (including phenoxy) is 2. The summed E-state index contributed by atoms with van der Waals surface area (Å²) >= 11 is 12.6. The molecule has 1 heterocycles. The largest absolute Gasteiger partial charge is 0.501 e. The van der Waals surface area contributed by atoms with Crippen molar-refractivity contribution in [1.82, 2.24) is 14.3 Å². The molecule has 9 nitrogen and oxygen atoms in total. The van der Waals surface area contributed by atoms with Crippen molar-refractivity contribution in [3.05, 3.63) is 159 Å². The molecule has 1 aromatic carbocycles. The first kappa shape index (κ1) is 40.2. The number of carboxylic acids is 1. The minimum atomic E-state index is -4.09. The Morgan fingerprint density at radius 1 is 1.06 bits per heavy atom. The Bertz CT molecular complexity index is 1980. The van der Waals surface area contributed by atoms with Gasteiger partial charge >= 0.3 is 5.97 Å². The van der Waals surface area contributed by atoms with Gasteiger partial charge in [0.25, 0.3) is 10.0 Å². The van der Waals surface area contributed by atoms with Crippen LogP contribution in [0.1, 0.15) is 26.6 Å². The number of aliphatic carboxylic acids is 1. The molecule has 0 aliphatic rings. The van der Waals surface area contributed by atoms with E-state index in [2.05, 4.69) is 35.9 Å².